The van der Waals surface area contributed by atoms with Gasteiger partial charge in [0.15, 0.2) is 5.69 Å². The van der Waals surface area contributed by atoms with Crippen molar-refractivity contribution in [3.8, 4) is 17.2 Å². The van der Waals surface area contributed by atoms with Crippen LogP contribution in [0.3, 0.4) is 0 Å². The van der Waals surface area contributed by atoms with E-state index in [-0.39, 0.29) is 5.91 Å². The summed E-state index contributed by atoms with van der Waals surface area (Å²) in [6.07, 6.45) is 0. The maximum Gasteiger partial charge on any atom is 0.274 e. The highest BCUT2D eigenvalue weighted by Crippen LogP contribution is 2.26. The average Bonchev–Trinajstić information content (AvgIpc) is 3.21. The van der Waals surface area contributed by atoms with E-state index in [0.29, 0.717) is 18.8 Å². The Kier molecular flexibility index (Phi) is 6.23. The minimum atomic E-state index is -0.0172. The first-order valence-corrected chi connectivity index (χ1v) is 10.4. The summed E-state index contributed by atoms with van der Waals surface area (Å²) in [6.45, 7) is 5.65. The molecule has 1 fully saturated rings. The molecule has 0 atom stereocenters. The lowest BCUT2D eigenvalue weighted by Gasteiger charge is -2.34. The van der Waals surface area contributed by atoms with Gasteiger partial charge < -0.3 is 14.4 Å². The monoisotopic (exact) mass is 420 g/mol. The number of para-hydroxylation sites is 1. The number of carbonyl (C=O) groups excluding carboxylic acids is 1. The van der Waals surface area contributed by atoms with Gasteiger partial charge in [0, 0.05) is 44.0 Å². The summed E-state index contributed by atoms with van der Waals surface area (Å²) in [5, 5.41) is 4.57. The van der Waals surface area contributed by atoms with Crippen molar-refractivity contribution in [3.05, 3.63) is 71.5 Å². The number of benzene rings is 2. The molecule has 7 nitrogen and oxygen atoms in total. The Labute approximate surface area is 182 Å². The molecule has 0 spiro atoms. The van der Waals surface area contributed by atoms with Crippen LogP contribution in [0.25, 0.3) is 5.69 Å². The summed E-state index contributed by atoms with van der Waals surface area (Å²) >= 11 is 0. The van der Waals surface area contributed by atoms with Crippen molar-refractivity contribution in [2.75, 3.05) is 40.4 Å². The zero-order chi connectivity index (χ0) is 21.8. The summed E-state index contributed by atoms with van der Waals surface area (Å²) in [7, 11) is 3.34. The minimum Gasteiger partial charge on any atom is -0.497 e. The third-order valence-electron chi connectivity index (χ3n) is 5.65. The Morgan fingerprint density at radius 2 is 1.71 bits per heavy atom. The molecule has 1 saturated heterocycles. The number of aryl methyl sites for hydroxylation is 1. The van der Waals surface area contributed by atoms with Crippen molar-refractivity contribution in [2.45, 2.75) is 13.5 Å². The normalized spacial score (nSPS) is 14.5. The van der Waals surface area contributed by atoms with Crippen molar-refractivity contribution < 1.29 is 14.3 Å². The van der Waals surface area contributed by atoms with Gasteiger partial charge in [-0.3, -0.25) is 9.69 Å². The van der Waals surface area contributed by atoms with Crippen LogP contribution in [-0.2, 0) is 6.54 Å². The highest BCUT2D eigenvalue weighted by molar-refractivity contribution is 5.92. The number of hydrogen-bond acceptors (Lipinski definition) is 5. The lowest BCUT2D eigenvalue weighted by atomic mass is 10.1. The summed E-state index contributed by atoms with van der Waals surface area (Å²) in [5.41, 5.74) is 3.47. The highest BCUT2D eigenvalue weighted by Gasteiger charge is 2.25. The van der Waals surface area contributed by atoms with Crippen molar-refractivity contribution >= 4 is 5.91 Å². The molecular formula is C24H28N4O3. The molecule has 162 valence electrons. The molecule has 1 amide bonds. The van der Waals surface area contributed by atoms with Gasteiger partial charge in [-0.2, -0.15) is 5.10 Å². The number of aromatic nitrogens is 2. The van der Waals surface area contributed by atoms with Crippen LogP contribution in [-0.4, -0.2) is 65.9 Å². The molecule has 3 aromatic rings. The summed E-state index contributed by atoms with van der Waals surface area (Å²) in [6, 6.07) is 17.6. The molecule has 0 unspecified atom stereocenters. The van der Waals surface area contributed by atoms with Crippen molar-refractivity contribution in [3.63, 3.8) is 0 Å². The summed E-state index contributed by atoms with van der Waals surface area (Å²) < 4.78 is 12.7. The van der Waals surface area contributed by atoms with Crippen LogP contribution in [0.15, 0.2) is 54.6 Å². The zero-order valence-corrected chi connectivity index (χ0v) is 18.2. The molecule has 31 heavy (non-hydrogen) atoms. The Balaban J connectivity index is 1.40. The quantitative estimate of drug-likeness (QED) is 0.613. The molecule has 4 rings (SSSR count). The lowest BCUT2D eigenvalue weighted by molar-refractivity contribution is 0.0621. The van der Waals surface area contributed by atoms with E-state index in [1.807, 2.05) is 71.1 Å². The van der Waals surface area contributed by atoms with Gasteiger partial charge in [0.05, 0.1) is 19.9 Å². The van der Waals surface area contributed by atoms with Crippen molar-refractivity contribution in [1.29, 1.82) is 0 Å². The van der Waals surface area contributed by atoms with E-state index in [2.05, 4.69) is 10.00 Å². The highest BCUT2D eigenvalue weighted by atomic mass is 16.5. The Bertz CT molecular complexity index is 1040. The van der Waals surface area contributed by atoms with E-state index in [4.69, 9.17) is 9.47 Å². The third-order valence-corrected chi connectivity index (χ3v) is 5.65. The van der Waals surface area contributed by atoms with Gasteiger partial charge in [-0.1, -0.05) is 18.2 Å². The third kappa shape index (κ3) is 4.56. The number of ether oxygens (including phenoxy) is 2. The van der Waals surface area contributed by atoms with Crippen LogP contribution in [0, 0.1) is 6.92 Å². The van der Waals surface area contributed by atoms with Crippen LogP contribution >= 0.6 is 0 Å². The predicted octanol–water partition coefficient (Wildman–Crippen LogP) is 3.16. The maximum atomic E-state index is 13.0. The molecule has 1 aromatic heterocycles. The van der Waals surface area contributed by atoms with Gasteiger partial charge in [-0.15, -0.1) is 0 Å². The number of methoxy groups -OCH3 is 2. The minimum absolute atomic E-state index is 0.0172. The molecule has 0 N–H and O–H groups in total. The van der Waals surface area contributed by atoms with Crippen LogP contribution in [0.1, 0.15) is 21.7 Å². The van der Waals surface area contributed by atoms with Crippen LogP contribution in [0.4, 0.5) is 0 Å². The van der Waals surface area contributed by atoms with Gasteiger partial charge in [0.1, 0.15) is 11.5 Å². The average molecular weight is 421 g/mol. The summed E-state index contributed by atoms with van der Waals surface area (Å²) in [5.74, 6) is 1.65. The predicted molar refractivity (Wildman–Crippen MR) is 119 cm³/mol. The van der Waals surface area contributed by atoms with Gasteiger partial charge >= 0.3 is 0 Å². The van der Waals surface area contributed by atoms with E-state index in [1.165, 1.54) is 0 Å². The van der Waals surface area contributed by atoms with Gasteiger partial charge in [0.25, 0.3) is 5.91 Å². The largest absolute Gasteiger partial charge is 0.497 e. The van der Waals surface area contributed by atoms with Gasteiger partial charge in [-0.05, 0) is 43.3 Å². The van der Waals surface area contributed by atoms with Gasteiger partial charge in [-0.25, -0.2) is 4.68 Å². The maximum absolute atomic E-state index is 13.0. The van der Waals surface area contributed by atoms with Crippen LogP contribution in [0.2, 0.25) is 0 Å². The van der Waals surface area contributed by atoms with Crippen LogP contribution in [0.5, 0.6) is 11.5 Å². The molecule has 0 bridgehead atoms. The second kappa shape index (κ2) is 9.22. The van der Waals surface area contributed by atoms with E-state index < -0.39 is 0 Å². The molecule has 0 aliphatic carbocycles. The fourth-order valence-electron chi connectivity index (χ4n) is 3.93. The molecule has 1 aliphatic rings. The van der Waals surface area contributed by atoms with Crippen molar-refractivity contribution in [1.82, 2.24) is 19.6 Å². The lowest BCUT2D eigenvalue weighted by Crippen LogP contribution is -2.48. The fraction of sp³-hybridized carbons (Fsp3) is 0.333. The standard InChI is InChI=1S/C24H28N4O3/c1-18-15-22(25-28(18)20-7-5-4-6-8-20)24(29)27-13-11-26(12-14-27)17-19-16-21(30-2)9-10-23(19)31-3/h4-10,15-16H,11-14,17H2,1-3H3. The number of piperazine rings is 1. The Morgan fingerprint density at radius 1 is 0.968 bits per heavy atom. The van der Waals surface area contributed by atoms with Crippen LogP contribution < -0.4 is 9.47 Å². The fourth-order valence-corrected chi connectivity index (χ4v) is 3.93. The SMILES string of the molecule is COc1ccc(OC)c(CN2CCN(C(=O)c3cc(C)n(-c4ccccc4)n3)CC2)c1. The second-order valence-electron chi connectivity index (χ2n) is 7.66. The molecular weight excluding hydrogens is 392 g/mol. The first kappa shape index (κ1) is 20.9. The van der Waals surface area contributed by atoms with E-state index >= 15 is 0 Å². The molecule has 7 heteroatoms. The Hall–Kier alpha value is -3.32. The topological polar surface area (TPSA) is 59.8 Å². The number of amides is 1. The molecule has 0 saturated carbocycles. The first-order valence-electron chi connectivity index (χ1n) is 10.4. The van der Waals surface area contributed by atoms with Crippen molar-refractivity contribution in [2.24, 2.45) is 0 Å². The zero-order valence-electron chi connectivity index (χ0n) is 18.2. The summed E-state index contributed by atoms with van der Waals surface area (Å²) in [4.78, 5) is 17.3. The Morgan fingerprint density at radius 3 is 2.39 bits per heavy atom. The van der Waals surface area contributed by atoms with E-state index in [0.717, 1.165) is 48.1 Å². The van der Waals surface area contributed by atoms with E-state index in [9.17, 15) is 4.79 Å². The second-order valence-corrected chi connectivity index (χ2v) is 7.66. The molecule has 2 heterocycles. The van der Waals surface area contributed by atoms with E-state index in [1.54, 1.807) is 14.2 Å². The molecule has 0 radical (unpaired) electrons. The smallest absolute Gasteiger partial charge is 0.274 e. The number of rotatable bonds is 6. The molecule has 2 aromatic carbocycles. The first-order chi connectivity index (χ1) is 15.1. The number of nitrogens with zero attached hydrogens (tertiary/aromatic N) is 4. The molecule has 1 aliphatic heterocycles. The number of hydrogen-bond donors (Lipinski definition) is 0. The number of carbonyl (C=O) groups is 1. The van der Waals surface area contributed by atoms with Gasteiger partial charge in [0.2, 0.25) is 0 Å².